The number of nitrogens with two attached hydrogens (primary N) is 1. The van der Waals surface area contributed by atoms with Crippen molar-refractivity contribution in [3.63, 3.8) is 0 Å². The van der Waals surface area contributed by atoms with Gasteiger partial charge in [-0.15, -0.1) is 0 Å². The molecular weight excluding hydrogens is 280 g/mol. The fourth-order valence-electron chi connectivity index (χ4n) is 1.95. The van der Waals surface area contributed by atoms with Gasteiger partial charge in [0.1, 0.15) is 6.61 Å². The summed E-state index contributed by atoms with van der Waals surface area (Å²) in [5.74, 6) is -2.60. The van der Waals surface area contributed by atoms with Crippen molar-refractivity contribution < 1.29 is 18.3 Å². The van der Waals surface area contributed by atoms with Crippen molar-refractivity contribution in [1.82, 2.24) is 9.78 Å². The van der Waals surface area contributed by atoms with E-state index in [1.54, 1.807) is 7.05 Å². The summed E-state index contributed by atoms with van der Waals surface area (Å²) in [5, 5.41) is 4.11. The highest BCUT2D eigenvalue weighted by Gasteiger charge is 2.20. The summed E-state index contributed by atoms with van der Waals surface area (Å²) in [6.07, 6.45) is 0.593. The van der Waals surface area contributed by atoms with Gasteiger partial charge in [-0.05, 0) is 24.1 Å². The molecule has 0 aliphatic heterocycles. The molecule has 2 rings (SSSR count). The van der Waals surface area contributed by atoms with Crippen LogP contribution in [0.5, 0.6) is 0 Å². The fraction of sp³-hybridized carbons (Fsp3) is 0.286. The van der Waals surface area contributed by atoms with Gasteiger partial charge in [-0.1, -0.05) is 13.0 Å². The molecular formula is C14H15F2N3O2. The van der Waals surface area contributed by atoms with Gasteiger partial charge in [-0.25, -0.2) is 13.6 Å². The van der Waals surface area contributed by atoms with Crippen molar-refractivity contribution in [1.29, 1.82) is 0 Å². The Bertz CT molecular complexity index is 683. The normalized spacial score (nSPS) is 10.7. The first-order valence-electron chi connectivity index (χ1n) is 6.36. The smallest absolute Gasteiger partial charge is 0.359 e. The zero-order chi connectivity index (χ0) is 15.6. The standard InChI is InChI=1S/C14H15F2N3O2/c1-3-11-12(17)13(19(2)18-11)14(20)21-7-8-4-5-9(15)10(16)6-8/h4-6H,3,7,17H2,1-2H3. The highest BCUT2D eigenvalue weighted by atomic mass is 19.2. The first kappa shape index (κ1) is 15.0. The third-order valence-electron chi connectivity index (χ3n) is 3.04. The van der Waals surface area contributed by atoms with E-state index in [4.69, 9.17) is 10.5 Å². The maximum absolute atomic E-state index is 13.1. The molecule has 112 valence electrons. The number of nitrogen functional groups attached to an aromatic ring is 1. The number of esters is 1. The minimum absolute atomic E-state index is 0.148. The summed E-state index contributed by atoms with van der Waals surface area (Å²) >= 11 is 0. The number of aromatic nitrogens is 2. The van der Waals surface area contributed by atoms with Crippen molar-refractivity contribution in [2.45, 2.75) is 20.0 Å². The number of carbonyl (C=O) groups is 1. The Balaban J connectivity index is 2.11. The average Bonchev–Trinajstić information content (AvgIpc) is 2.74. The molecule has 0 unspecified atom stereocenters. The van der Waals surface area contributed by atoms with Crippen LogP contribution in [0, 0.1) is 11.6 Å². The van der Waals surface area contributed by atoms with Crippen molar-refractivity contribution in [3.05, 3.63) is 46.8 Å². The molecule has 5 nitrogen and oxygen atoms in total. The lowest BCUT2D eigenvalue weighted by Gasteiger charge is -2.06. The minimum Gasteiger partial charge on any atom is -0.456 e. The Labute approximate surface area is 120 Å². The van der Waals surface area contributed by atoms with Crippen LogP contribution in [-0.4, -0.2) is 15.7 Å². The molecule has 0 saturated heterocycles. The van der Waals surface area contributed by atoms with Gasteiger partial charge in [0.05, 0.1) is 11.4 Å². The van der Waals surface area contributed by atoms with E-state index >= 15 is 0 Å². The van der Waals surface area contributed by atoms with Gasteiger partial charge in [-0.2, -0.15) is 5.10 Å². The molecule has 0 amide bonds. The number of aryl methyl sites for hydroxylation is 2. The number of ether oxygens (including phenoxy) is 1. The third-order valence-corrected chi connectivity index (χ3v) is 3.04. The van der Waals surface area contributed by atoms with Crippen molar-refractivity contribution in [2.75, 3.05) is 5.73 Å². The first-order valence-corrected chi connectivity index (χ1v) is 6.36. The molecule has 1 aromatic carbocycles. The molecule has 1 aromatic heterocycles. The maximum atomic E-state index is 13.1. The molecule has 2 N–H and O–H groups in total. The van der Waals surface area contributed by atoms with Crippen molar-refractivity contribution in [2.24, 2.45) is 7.05 Å². The van der Waals surface area contributed by atoms with Gasteiger partial charge in [0.15, 0.2) is 17.3 Å². The maximum Gasteiger partial charge on any atom is 0.359 e. The number of halogens is 2. The Hall–Kier alpha value is -2.44. The van der Waals surface area contributed by atoms with Crippen LogP contribution in [0.3, 0.4) is 0 Å². The molecule has 1 heterocycles. The number of nitrogens with zero attached hydrogens (tertiary/aromatic N) is 2. The fourth-order valence-corrected chi connectivity index (χ4v) is 1.95. The lowest BCUT2D eigenvalue weighted by molar-refractivity contribution is 0.0460. The summed E-state index contributed by atoms with van der Waals surface area (Å²) in [6.45, 7) is 1.69. The van der Waals surface area contributed by atoms with E-state index < -0.39 is 17.6 Å². The largest absolute Gasteiger partial charge is 0.456 e. The van der Waals surface area contributed by atoms with Crippen LogP contribution in [0.1, 0.15) is 28.7 Å². The quantitative estimate of drug-likeness (QED) is 0.878. The van der Waals surface area contributed by atoms with Crippen LogP contribution < -0.4 is 5.73 Å². The molecule has 0 radical (unpaired) electrons. The highest BCUT2D eigenvalue weighted by molar-refractivity contribution is 5.93. The predicted octanol–water partition coefficient (Wildman–Crippen LogP) is 2.20. The van der Waals surface area contributed by atoms with Gasteiger partial charge in [0.25, 0.3) is 0 Å². The molecule has 0 spiro atoms. The summed E-state index contributed by atoms with van der Waals surface area (Å²) in [5.41, 5.74) is 7.21. The Morgan fingerprint density at radius 2 is 2.10 bits per heavy atom. The molecule has 21 heavy (non-hydrogen) atoms. The number of carbonyl (C=O) groups excluding carboxylic acids is 1. The van der Waals surface area contributed by atoms with Gasteiger partial charge in [-0.3, -0.25) is 4.68 Å². The topological polar surface area (TPSA) is 70.1 Å². The van der Waals surface area contributed by atoms with Crippen LogP contribution in [0.25, 0.3) is 0 Å². The number of hydrogen-bond donors (Lipinski definition) is 1. The molecule has 0 aliphatic carbocycles. The van der Waals surface area contributed by atoms with E-state index in [1.165, 1.54) is 10.7 Å². The summed E-state index contributed by atoms with van der Waals surface area (Å²) in [4.78, 5) is 12.0. The molecule has 2 aromatic rings. The molecule has 0 saturated carbocycles. The minimum atomic E-state index is -0.989. The lowest BCUT2D eigenvalue weighted by atomic mass is 10.2. The average molecular weight is 295 g/mol. The number of anilines is 1. The molecule has 7 heteroatoms. The second-order valence-corrected chi connectivity index (χ2v) is 4.51. The molecule has 0 aliphatic rings. The Morgan fingerprint density at radius 1 is 1.38 bits per heavy atom. The Morgan fingerprint density at radius 3 is 2.67 bits per heavy atom. The van der Waals surface area contributed by atoms with Crippen molar-refractivity contribution >= 4 is 11.7 Å². The second kappa shape index (κ2) is 5.90. The number of benzene rings is 1. The Kier molecular flexibility index (Phi) is 4.21. The van der Waals surface area contributed by atoms with Gasteiger partial charge < -0.3 is 10.5 Å². The van der Waals surface area contributed by atoms with Crippen molar-refractivity contribution in [3.8, 4) is 0 Å². The molecule has 0 fully saturated rings. The zero-order valence-electron chi connectivity index (χ0n) is 11.7. The van der Waals surface area contributed by atoms with E-state index in [1.807, 2.05) is 6.92 Å². The van der Waals surface area contributed by atoms with Gasteiger partial charge in [0.2, 0.25) is 0 Å². The van der Waals surface area contributed by atoms with Crippen LogP contribution >= 0.6 is 0 Å². The van der Waals surface area contributed by atoms with E-state index in [0.717, 1.165) is 12.1 Å². The summed E-state index contributed by atoms with van der Waals surface area (Å²) in [7, 11) is 1.59. The highest BCUT2D eigenvalue weighted by Crippen LogP contribution is 2.18. The van der Waals surface area contributed by atoms with Crippen LogP contribution in [0.4, 0.5) is 14.5 Å². The second-order valence-electron chi connectivity index (χ2n) is 4.51. The van der Waals surface area contributed by atoms with E-state index in [9.17, 15) is 13.6 Å². The van der Waals surface area contributed by atoms with Crippen LogP contribution in [0.2, 0.25) is 0 Å². The van der Waals surface area contributed by atoms with Gasteiger partial charge in [0, 0.05) is 7.05 Å². The van der Waals surface area contributed by atoms with Crippen LogP contribution in [-0.2, 0) is 24.8 Å². The zero-order valence-corrected chi connectivity index (χ0v) is 11.7. The first-order chi connectivity index (χ1) is 9.93. The van der Waals surface area contributed by atoms with Gasteiger partial charge >= 0.3 is 5.97 Å². The number of hydrogen-bond acceptors (Lipinski definition) is 4. The lowest BCUT2D eigenvalue weighted by Crippen LogP contribution is -2.12. The summed E-state index contributed by atoms with van der Waals surface area (Å²) in [6, 6.07) is 3.30. The van der Waals surface area contributed by atoms with Crippen LogP contribution in [0.15, 0.2) is 18.2 Å². The van der Waals surface area contributed by atoms with E-state index in [2.05, 4.69) is 5.10 Å². The predicted molar refractivity (Wildman–Crippen MR) is 72.5 cm³/mol. The SMILES string of the molecule is CCc1nn(C)c(C(=O)OCc2ccc(F)c(F)c2)c1N. The van der Waals surface area contributed by atoms with E-state index in [0.29, 0.717) is 17.7 Å². The third kappa shape index (κ3) is 3.01. The summed E-state index contributed by atoms with van der Waals surface area (Å²) < 4.78 is 32.3. The van der Waals surface area contributed by atoms with E-state index in [-0.39, 0.29) is 18.0 Å². The monoisotopic (exact) mass is 295 g/mol. The molecule has 0 atom stereocenters. The molecule has 0 bridgehead atoms. The number of rotatable bonds is 4.